The van der Waals surface area contributed by atoms with Gasteiger partial charge >= 0.3 is 0 Å². The molecule has 49 heavy (non-hydrogen) atoms. The molecule has 0 saturated heterocycles. The average molecular weight is 771 g/mol. The van der Waals surface area contributed by atoms with Gasteiger partial charge in [-0.15, -0.1) is 0 Å². The summed E-state index contributed by atoms with van der Waals surface area (Å²) in [4.78, 5) is 4.74. The first-order chi connectivity index (χ1) is 23.4. The zero-order chi connectivity index (χ0) is 34.5. The zero-order valence-electron chi connectivity index (χ0n) is 29.1. The van der Waals surface area contributed by atoms with Crippen LogP contribution >= 0.6 is 31.9 Å². The second-order valence-electron chi connectivity index (χ2n) is 14.7. The summed E-state index contributed by atoms with van der Waals surface area (Å²) < 4.78 is 2.10. The number of hydrogen-bond acceptors (Lipinski definition) is 2. The van der Waals surface area contributed by atoms with Crippen LogP contribution < -0.4 is 9.80 Å². The first-order valence-corrected chi connectivity index (χ1v) is 18.5. The summed E-state index contributed by atoms with van der Waals surface area (Å²) in [6, 6.07) is 49.0. The van der Waals surface area contributed by atoms with E-state index >= 15 is 0 Å². The highest BCUT2D eigenvalue weighted by molar-refractivity contribution is 9.10. The van der Waals surface area contributed by atoms with Crippen molar-refractivity contribution in [2.24, 2.45) is 0 Å². The molecule has 0 amide bonds. The quantitative estimate of drug-likeness (QED) is 0.160. The largest absolute Gasteiger partial charge is 0.310 e. The third-order valence-corrected chi connectivity index (χ3v) is 10.9. The van der Waals surface area contributed by atoms with Gasteiger partial charge in [0.15, 0.2) is 0 Å². The van der Waals surface area contributed by atoms with Crippen LogP contribution in [0.25, 0.3) is 11.1 Å². The molecule has 2 nitrogen and oxygen atoms in total. The normalized spacial score (nSPS) is 14.4. The van der Waals surface area contributed by atoms with Crippen LogP contribution in [0.15, 0.2) is 142 Å². The van der Waals surface area contributed by atoms with Gasteiger partial charge in [-0.1, -0.05) is 113 Å². The van der Waals surface area contributed by atoms with E-state index < -0.39 is 0 Å². The molecule has 0 bridgehead atoms. The van der Waals surface area contributed by atoms with Gasteiger partial charge in [0.25, 0.3) is 0 Å². The Balaban J connectivity index is 1.50. The van der Waals surface area contributed by atoms with Crippen molar-refractivity contribution in [1.29, 1.82) is 0 Å². The summed E-state index contributed by atoms with van der Waals surface area (Å²) in [5, 5.41) is 0. The average Bonchev–Trinajstić information content (AvgIpc) is 3.27. The van der Waals surface area contributed by atoms with Crippen LogP contribution in [-0.4, -0.2) is 0 Å². The number of fused-ring (bicyclic) bond motifs is 1. The monoisotopic (exact) mass is 768 g/mol. The van der Waals surface area contributed by atoms with Gasteiger partial charge in [0.1, 0.15) is 0 Å². The van der Waals surface area contributed by atoms with Crippen LogP contribution in [-0.2, 0) is 10.8 Å². The Morgan fingerprint density at radius 3 is 1.22 bits per heavy atom. The first kappa shape index (κ1) is 33.4. The van der Waals surface area contributed by atoms with Crippen LogP contribution in [0.1, 0.15) is 56.4 Å². The number of halogens is 2. The van der Waals surface area contributed by atoms with Gasteiger partial charge in [-0.25, -0.2) is 0 Å². The van der Waals surface area contributed by atoms with Crippen molar-refractivity contribution in [3.8, 4) is 11.1 Å². The number of aryl methyl sites for hydroxylation is 2. The van der Waals surface area contributed by atoms with E-state index in [1.54, 1.807) is 0 Å². The van der Waals surface area contributed by atoms with E-state index in [9.17, 15) is 0 Å². The van der Waals surface area contributed by atoms with Gasteiger partial charge in [-0.05, 0) is 144 Å². The molecule has 7 rings (SSSR count). The van der Waals surface area contributed by atoms with Gasteiger partial charge in [0.2, 0.25) is 0 Å². The maximum Gasteiger partial charge on any atom is 0.0488 e. The molecule has 0 aliphatic heterocycles. The predicted molar refractivity (Wildman–Crippen MR) is 217 cm³/mol. The van der Waals surface area contributed by atoms with Gasteiger partial charge in [-0.2, -0.15) is 0 Å². The van der Waals surface area contributed by atoms with E-state index in [1.807, 2.05) is 0 Å². The number of benzene rings is 6. The predicted octanol–water partition coefficient (Wildman–Crippen LogP) is 14.4. The molecule has 0 aromatic heterocycles. The Hall–Kier alpha value is -4.12. The topological polar surface area (TPSA) is 6.48 Å². The SMILES string of the molecule is Cc1ccc(N(c2ccc(C)cc2)c2cc(-c3ccc4c(c3)C(C)(C)CC4(C)C)cc(N(c3ccc(Br)cc3)c3ccc(Br)cc3)c2)cc1. The minimum absolute atomic E-state index is 0.103. The van der Waals surface area contributed by atoms with Crippen molar-refractivity contribution in [2.75, 3.05) is 9.80 Å². The van der Waals surface area contributed by atoms with Crippen LogP contribution in [0.2, 0.25) is 0 Å². The first-order valence-electron chi connectivity index (χ1n) is 16.9. The lowest BCUT2D eigenvalue weighted by molar-refractivity contribution is 0.403. The molecular weight excluding hydrogens is 728 g/mol. The van der Waals surface area contributed by atoms with E-state index in [4.69, 9.17) is 0 Å². The molecule has 0 spiro atoms. The molecule has 0 fully saturated rings. The highest BCUT2D eigenvalue weighted by atomic mass is 79.9. The second kappa shape index (κ2) is 13.0. The van der Waals surface area contributed by atoms with Crippen LogP contribution in [0, 0.1) is 13.8 Å². The summed E-state index contributed by atoms with van der Waals surface area (Å²) in [7, 11) is 0. The van der Waals surface area contributed by atoms with E-state index in [2.05, 4.69) is 217 Å². The van der Waals surface area contributed by atoms with Crippen molar-refractivity contribution in [1.82, 2.24) is 0 Å². The highest BCUT2D eigenvalue weighted by Gasteiger charge is 2.41. The minimum atomic E-state index is 0.103. The summed E-state index contributed by atoms with van der Waals surface area (Å²) >= 11 is 7.32. The van der Waals surface area contributed by atoms with E-state index in [-0.39, 0.29) is 10.8 Å². The summed E-state index contributed by atoms with van der Waals surface area (Å²) in [5.41, 5.74) is 14.6. The smallest absolute Gasteiger partial charge is 0.0488 e. The summed E-state index contributed by atoms with van der Waals surface area (Å²) in [6.07, 6.45) is 1.14. The van der Waals surface area contributed by atoms with Gasteiger partial charge in [0.05, 0.1) is 0 Å². The Kier molecular flexibility index (Phi) is 8.83. The second-order valence-corrected chi connectivity index (χ2v) is 16.6. The maximum absolute atomic E-state index is 3.66. The number of rotatable bonds is 7. The number of hydrogen-bond donors (Lipinski definition) is 0. The molecule has 0 N–H and O–H groups in total. The molecule has 6 aromatic rings. The van der Waals surface area contributed by atoms with Gasteiger partial charge < -0.3 is 9.80 Å². The fourth-order valence-electron chi connectivity index (χ4n) is 7.65. The Morgan fingerprint density at radius 1 is 0.408 bits per heavy atom. The summed E-state index contributed by atoms with van der Waals surface area (Å²) in [5.74, 6) is 0. The molecule has 0 heterocycles. The number of anilines is 6. The van der Waals surface area contributed by atoms with Crippen molar-refractivity contribution >= 4 is 66.0 Å². The lowest BCUT2D eigenvalue weighted by atomic mass is 9.82. The van der Waals surface area contributed by atoms with Gasteiger partial charge in [-0.3, -0.25) is 0 Å². The third-order valence-electron chi connectivity index (χ3n) is 9.87. The Bertz CT molecular complexity index is 1910. The maximum atomic E-state index is 3.66. The highest BCUT2D eigenvalue weighted by Crippen LogP contribution is 2.51. The molecule has 0 radical (unpaired) electrons. The Labute approximate surface area is 308 Å². The van der Waals surface area contributed by atoms with Gasteiger partial charge in [0, 0.05) is 43.1 Å². The number of nitrogens with zero attached hydrogens (tertiary/aromatic N) is 2. The Morgan fingerprint density at radius 2 is 0.796 bits per heavy atom. The molecule has 0 atom stereocenters. The molecule has 0 saturated carbocycles. The molecule has 4 heteroatoms. The fraction of sp³-hybridized carbons (Fsp3) is 0.200. The van der Waals surface area contributed by atoms with Crippen LogP contribution in [0.5, 0.6) is 0 Å². The van der Waals surface area contributed by atoms with E-state index in [1.165, 1.54) is 33.4 Å². The van der Waals surface area contributed by atoms with Crippen molar-refractivity contribution in [3.63, 3.8) is 0 Å². The minimum Gasteiger partial charge on any atom is -0.310 e. The molecule has 0 unspecified atom stereocenters. The van der Waals surface area contributed by atoms with E-state index in [0.29, 0.717) is 0 Å². The van der Waals surface area contributed by atoms with E-state index in [0.717, 1.165) is 49.5 Å². The summed E-state index contributed by atoms with van der Waals surface area (Å²) in [6.45, 7) is 13.8. The lowest BCUT2D eigenvalue weighted by Gasteiger charge is -2.30. The van der Waals surface area contributed by atoms with Crippen molar-refractivity contribution in [3.05, 3.63) is 165 Å². The molecule has 246 valence electrons. The third kappa shape index (κ3) is 6.74. The van der Waals surface area contributed by atoms with Crippen molar-refractivity contribution < 1.29 is 0 Å². The zero-order valence-corrected chi connectivity index (χ0v) is 32.2. The lowest BCUT2D eigenvalue weighted by Crippen LogP contribution is -2.17. The fourth-order valence-corrected chi connectivity index (χ4v) is 8.18. The molecular formula is C45H42Br2N2. The molecule has 1 aliphatic carbocycles. The van der Waals surface area contributed by atoms with Crippen LogP contribution in [0.4, 0.5) is 34.1 Å². The standard InChI is InChI=1S/C45H42Br2N2/c1-30-7-16-36(17-8-30)48(37-18-9-31(2)10-19-37)40-25-33(32-11-24-42-43(27-32)45(5,6)29-44(42,3)4)26-41(28-40)49(38-20-12-34(46)13-21-38)39-22-14-35(47)15-23-39/h7-28H,29H2,1-6H3. The molecule has 6 aromatic carbocycles. The molecule has 1 aliphatic rings. The van der Waals surface area contributed by atoms with Crippen molar-refractivity contribution in [2.45, 2.75) is 58.8 Å². The van der Waals surface area contributed by atoms with Crippen LogP contribution in [0.3, 0.4) is 0 Å².